The van der Waals surface area contributed by atoms with E-state index < -0.39 is 0 Å². The number of nitrogen functional groups attached to an aromatic ring is 1. The highest BCUT2D eigenvalue weighted by molar-refractivity contribution is 7.13. The van der Waals surface area contributed by atoms with E-state index >= 15 is 0 Å². The number of aryl methyl sites for hydroxylation is 1. The number of thiazole rings is 1. The summed E-state index contributed by atoms with van der Waals surface area (Å²) < 4.78 is 0. The van der Waals surface area contributed by atoms with Gasteiger partial charge in [0.05, 0.1) is 5.69 Å². The van der Waals surface area contributed by atoms with E-state index in [1.807, 2.05) is 53.9 Å². The zero-order chi connectivity index (χ0) is 22.3. The third-order valence-electron chi connectivity index (χ3n) is 5.27. The van der Waals surface area contributed by atoms with E-state index in [1.54, 1.807) is 0 Å². The lowest BCUT2D eigenvalue weighted by atomic mass is 9.98. The number of nitrogens with one attached hydrogen (secondary N) is 2. The molecular weight excluding hydrogens is 416 g/mol. The van der Waals surface area contributed by atoms with Crippen LogP contribution in [0.1, 0.15) is 28.5 Å². The van der Waals surface area contributed by atoms with Gasteiger partial charge in [-0.05, 0) is 53.4 Å². The number of nitrogens with two attached hydrogens (primary N) is 1. The minimum absolute atomic E-state index is 0.123. The molecule has 1 heterocycles. The average Bonchev–Trinajstić information content (AvgIpc) is 3.25. The normalized spacial score (nSPS) is 10.7. The molecule has 0 aliphatic carbocycles. The molecule has 1 amide bonds. The van der Waals surface area contributed by atoms with Crippen molar-refractivity contribution in [1.82, 2.24) is 4.98 Å². The van der Waals surface area contributed by atoms with Crippen molar-refractivity contribution in [3.05, 3.63) is 95.0 Å². The summed E-state index contributed by atoms with van der Waals surface area (Å²) in [7, 11) is 0. The molecule has 0 aliphatic rings. The molecule has 0 unspecified atom stereocenters. The number of hydrogen-bond acceptors (Lipinski definition) is 5. The van der Waals surface area contributed by atoms with Crippen molar-refractivity contribution >= 4 is 33.8 Å². The zero-order valence-corrected chi connectivity index (χ0v) is 18.8. The summed E-state index contributed by atoms with van der Waals surface area (Å²) in [4.78, 5) is 17.3. The van der Waals surface area contributed by atoms with Crippen LogP contribution in [-0.2, 0) is 12.8 Å². The number of anilines is 3. The first kappa shape index (κ1) is 21.6. The van der Waals surface area contributed by atoms with Gasteiger partial charge in [0.25, 0.3) is 5.91 Å². The van der Waals surface area contributed by atoms with Gasteiger partial charge in [0.2, 0.25) is 0 Å². The van der Waals surface area contributed by atoms with Crippen LogP contribution in [0.25, 0.3) is 11.1 Å². The summed E-state index contributed by atoms with van der Waals surface area (Å²) in [6.45, 7) is 2.90. The summed E-state index contributed by atoms with van der Waals surface area (Å²) in [5, 5.41) is 8.95. The first-order chi connectivity index (χ1) is 15.6. The topological polar surface area (TPSA) is 80.0 Å². The molecule has 1 aromatic heterocycles. The largest absolute Gasteiger partial charge is 0.385 e. The van der Waals surface area contributed by atoms with Crippen molar-refractivity contribution in [3.8, 4) is 11.1 Å². The lowest BCUT2D eigenvalue weighted by molar-refractivity contribution is 0.102. The Morgan fingerprint density at radius 3 is 2.38 bits per heavy atom. The Morgan fingerprint density at radius 1 is 0.969 bits per heavy atom. The first-order valence-corrected chi connectivity index (χ1v) is 11.5. The molecule has 4 N–H and O–H groups in total. The van der Waals surface area contributed by atoms with Crippen LogP contribution in [0.5, 0.6) is 0 Å². The minimum Gasteiger partial charge on any atom is -0.385 e. The van der Waals surface area contributed by atoms with Gasteiger partial charge in [-0.15, -0.1) is 11.3 Å². The van der Waals surface area contributed by atoms with E-state index in [0.29, 0.717) is 10.7 Å². The van der Waals surface area contributed by atoms with Gasteiger partial charge in [0, 0.05) is 35.3 Å². The second kappa shape index (κ2) is 10.1. The van der Waals surface area contributed by atoms with E-state index in [1.165, 1.54) is 16.9 Å². The highest BCUT2D eigenvalue weighted by Gasteiger charge is 2.12. The Balaban J connectivity index is 1.39. The summed E-state index contributed by atoms with van der Waals surface area (Å²) in [6.07, 6.45) is 1.80. The number of rotatable bonds is 8. The summed E-state index contributed by atoms with van der Waals surface area (Å²) in [5.74, 6) is -0.123. The molecule has 4 rings (SSSR count). The smallest absolute Gasteiger partial charge is 0.256 e. The molecule has 0 radical (unpaired) electrons. The third-order valence-corrected chi connectivity index (χ3v) is 5.99. The Hall–Kier alpha value is -3.64. The molecule has 0 spiro atoms. The fourth-order valence-corrected chi connectivity index (χ4v) is 4.09. The number of hydrogen-bond donors (Lipinski definition) is 3. The van der Waals surface area contributed by atoms with Crippen molar-refractivity contribution in [2.24, 2.45) is 0 Å². The highest BCUT2D eigenvalue weighted by atomic mass is 32.1. The van der Waals surface area contributed by atoms with Crippen LogP contribution in [0, 0.1) is 0 Å². The number of aromatic nitrogens is 1. The van der Waals surface area contributed by atoms with Crippen LogP contribution in [0.15, 0.2) is 78.2 Å². The van der Waals surface area contributed by atoms with Gasteiger partial charge >= 0.3 is 0 Å². The lowest BCUT2D eigenvalue weighted by Crippen LogP contribution is -2.13. The quantitative estimate of drug-likeness (QED) is 0.319. The van der Waals surface area contributed by atoms with Crippen molar-refractivity contribution < 1.29 is 4.79 Å². The van der Waals surface area contributed by atoms with Crippen LogP contribution in [0.3, 0.4) is 0 Å². The SMILES string of the molecule is CCc1ccc(-c2ccccc2C(=O)Nc2ccc(NCCc3csc(N)n3)cc2)cc1. The monoisotopic (exact) mass is 442 g/mol. The molecule has 0 atom stereocenters. The Morgan fingerprint density at radius 2 is 1.69 bits per heavy atom. The molecule has 4 aromatic rings. The number of carbonyl (C=O) groups is 1. The maximum Gasteiger partial charge on any atom is 0.256 e. The minimum atomic E-state index is -0.123. The van der Waals surface area contributed by atoms with Crippen molar-refractivity contribution in [3.63, 3.8) is 0 Å². The fourth-order valence-electron chi connectivity index (χ4n) is 3.50. The van der Waals surface area contributed by atoms with Gasteiger partial charge in [-0.2, -0.15) is 0 Å². The standard InChI is InChI=1S/C26H26N4OS/c1-2-18-7-9-19(10-8-18)23-5-3-4-6-24(23)25(31)29-21-13-11-20(12-14-21)28-16-15-22-17-32-26(27)30-22/h3-14,17,28H,2,15-16H2,1H3,(H2,27,30)(H,29,31). The maximum absolute atomic E-state index is 13.0. The predicted molar refractivity (Wildman–Crippen MR) is 134 cm³/mol. The van der Waals surface area contributed by atoms with Crippen LogP contribution in [0.2, 0.25) is 0 Å². The summed E-state index contributed by atoms with van der Waals surface area (Å²) in [6, 6.07) is 23.8. The second-order valence-electron chi connectivity index (χ2n) is 7.48. The summed E-state index contributed by atoms with van der Waals surface area (Å²) >= 11 is 1.46. The predicted octanol–water partition coefficient (Wildman–Crippen LogP) is 5.86. The Kier molecular flexibility index (Phi) is 6.82. The Labute approximate surface area is 192 Å². The molecule has 0 saturated carbocycles. The van der Waals surface area contributed by atoms with Crippen LogP contribution < -0.4 is 16.4 Å². The number of benzene rings is 3. The van der Waals surface area contributed by atoms with E-state index in [9.17, 15) is 4.79 Å². The van der Waals surface area contributed by atoms with Gasteiger partial charge < -0.3 is 16.4 Å². The van der Waals surface area contributed by atoms with Crippen molar-refractivity contribution in [2.75, 3.05) is 22.9 Å². The third kappa shape index (κ3) is 5.34. The van der Waals surface area contributed by atoms with Gasteiger partial charge in [0.1, 0.15) is 0 Å². The van der Waals surface area contributed by atoms with Crippen molar-refractivity contribution in [1.29, 1.82) is 0 Å². The van der Waals surface area contributed by atoms with E-state index in [-0.39, 0.29) is 5.91 Å². The van der Waals surface area contributed by atoms with E-state index in [0.717, 1.165) is 47.6 Å². The van der Waals surface area contributed by atoms with Crippen molar-refractivity contribution in [2.45, 2.75) is 19.8 Å². The molecule has 5 nitrogen and oxygen atoms in total. The average molecular weight is 443 g/mol. The number of nitrogens with zero attached hydrogens (tertiary/aromatic N) is 1. The zero-order valence-electron chi connectivity index (χ0n) is 18.0. The van der Waals surface area contributed by atoms with Crippen LogP contribution in [0.4, 0.5) is 16.5 Å². The summed E-state index contributed by atoms with van der Waals surface area (Å²) in [5.41, 5.74) is 12.3. The molecular formula is C26H26N4OS. The maximum atomic E-state index is 13.0. The van der Waals surface area contributed by atoms with Crippen LogP contribution in [-0.4, -0.2) is 17.4 Å². The highest BCUT2D eigenvalue weighted by Crippen LogP contribution is 2.25. The number of amides is 1. The second-order valence-corrected chi connectivity index (χ2v) is 8.37. The molecule has 0 fully saturated rings. The molecule has 32 heavy (non-hydrogen) atoms. The molecule has 0 saturated heterocycles. The van der Waals surface area contributed by atoms with Gasteiger partial charge in [-0.1, -0.05) is 49.4 Å². The fraction of sp³-hybridized carbons (Fsp3) is 0.154. The van der Waals surface area contributed by atoms with Crippen LogP contribution >= 0.6 is 11.3 Å². The molecule has 0 aliphatic heterocycles. The molecule has 3 aromatic carbocycles. The van der Waals surface area contributed by atoms with Gasteiger partial charge in [-0.3, -0.25) is 4.79 Å². The van der Waals surface area contributed by atoms with Gasteiger partial charge in [0.15, 0.2) is 5.13 Å². The molecule has 6 heteroatoms. The first-order valence-electron chi connectivity index (χ1n) is 10.7. The van der Waals surface area contributed by atoms with Gasteiger partial charge in [-0.25, -0.2) is 4.98 Å². The number of carbonyl (C=O) groups excluding carboxylic acids is 1. The molecule has 162 valence electrons. The Bertz CT molecular complexity index is 1180. The lowest BCUT2D eigenvalue weighted by Gasteiger charge is -2.12. The van der Waals surface area contributed by atoms with E-state index in [4.69, 9.17) is 5.73 Å². The molecule has 0 bridgehead atoms. The van der Waals surface area contributed by atoms with E-state index in [2.05, 4.69) is 46.8 Å².